The van der Waals surface area contributed by atoms with E-state index >= 15 is 0 Å². The second-order valence-electron chi connectivity index (χ2n) is 3.16. The molecule has 1 atom stereocenters. The molecule has 0 aromatic heterocycles. The van der Waals surface area contributed by atoms with Crippen molar-refractivity contribution < 1.29 is 14.6 Å². The second kappa shape index (κ2) is 5.58. The first-order valence-corrected chi connectivity index (χ1v) is 4.78. The average Bonchev–Trinajstić information content (AvgIpc) is 2.28. The molecule has 0 spiro atoms. The van der Waals surface area contributed by atoms with Crippen LogP contribution in [0, 0.1) is 0 Å². The Bertz CT molecular complexity index is 315. The number of methoxy groups -OCH3 is 2. The number of rotatable bonds is 5. The van der Waals surface area contributed by atoms with E-state index in [4.69, 9.17) is 9.47 Å². The van der Waals surface area contributed by atoms with Gasteiger partial charge in [-0.1, -0.05) is 12.1 Å². The standard InChI is InChI=1S/C11H17NO3/c1-12-7-9(13)8-5-4-6-10(14-2)11(8)15-3/h4-6,9,12-13H,7H2,1-3H3. The van der Waals surface area contributed by atoms with Crippen molar-refractivity contribution in [3.8, 4) is 11.5 Å². The zero-order chi connectivity index (χ0) is 11.3. The highest BCUT2D eigenvalue weighted by Gasteiger charge is 2.15. The van der Waals surface area contributed by atoms with E-state index in [2.05, 4.69) is 5.32 Å². The number of benzene rings is 1. The fourth-order valence-corrected chi connectivity index (χ4v) is 1.48. The van der Waals surface area contributed by atoms with Crippen LogP contribution in [0.25, 0.3) is 0 Å². The molecule has 84 valence electrons. The van der Waals surface area contributed by atoms with Crippen molar-refractivity contribution in [2.75, 3.05) is 27.8 Å². The molecule has 0 aliphatic carbocycles. The maximum absolute atomic E-state index is 9.85. The highest BCUT2D eigenvalue weighted by Crippen LogP contribution is 2.34. The van der Waals surface area contributed by atoms with E-state index in [-0.39, 0.29) is 0 Å². The van der Waals surface area contributed by atoms with Crippen LogP contribution < -0.4 is 14.8 Å². The van der Waals surface area contributed by atoms with Crippen LogP contribution in [0.4, 0.5) is 0 Å². The van der Waals surface area contributed by atoms with E-state index in [9.17, 15) is 5.11 Å². The van der Waals surface area contributed by atoms with Crippen molar-refractivity contribution in [3.05, 3.63) is 23.8 Å². The highest BCUT2D eigenvalue weighted by molar-refractivity contribution is 5.47. The van der Waals surface area contributed by atoms with Crippen LogP contribution in [0.15, 0.2) is 18.2 Å². The molecule has 0 aliphatic heterocycles. The number of aliphatic hydroxyl groups is 1. The summed E-state index contributed by atoms with van der Waals surface area (Å²) in [5.41, 5.74) is 0.728. The lowest BCUT2D eigenvalue weighted by molar-refractivity contribution is 0.172. The average molecular weight is 211 g/mol. The predicted molar refractivity (Wildman–Crippen MR) is 58.4 cm³/mol. The van der Waals surface area contributed by atoms with E-state index in [1.165, 1.54) is 0 Å². The first-order chi connectivity index (χ1) is 7.24. The Labute approximate surface area is 89.8 Å². The summed E-state index contributed by atoms with van der Waals surface area (Å²) in [6.07, 6.45) is -0.597. The van der Waals surface area contributed by atoms with Crippen LogP contribution in [-0.2, 0) is 0 Å². The molecule has 0 fully saturated rings. The minimum Gasteiger partial charge on any atom is -0.493 e. The summed E-state index contributed by atoms with van der Waals surface area (Å²) in [5.74, 6) is 1.22. The van der Waals surface area contributed by atoms with E-state index in [0.717, 1.165) is 5.56 Å². The minimum atomic E-state index is -0.597. The lowest BCUT2D eigenvalue weighted by Crippen LogP contribution is -2.17. The topological polar surface area (TPSA) is 50.7 Å². The molecule has 0 amide bonds. The first-order valence-electron chi connectivity index (χ1n) is 4.78. The number of likely N-dealkylation sites (N-methyl/N-ethyl adjacent to an activating group) is 1. The van der Waals surface area contributed by atoms with Gasteiger partial charge in [0.15, 0.2) is 11.5 Å². The van der Waals surface area contributed by atoms with Gasteiger partial charge >= 0.3 is 0 Å². The number of ether oxygens (including phenoxy) is 2. The molecule has 1 aromatic rings. The third-order valence-electron chi connectivity index (χ3n) is 2.19. The van der Waals surface area contributed by atoms with Gasteiger partial charge in [-0.15, -0.1) is 0 Å². The van der Waals surface area contributed by atoms with E-state index < -0.39 is 6.10 Å². The van der Waals surface area contributed by atoms with Crippen LogP contribution >= 0.6 is 0 Å². The lowest BCUT2D eigenvalue weighted by atomic mass is 10.1. The van der Waals surface area contributed by atoms with Crippen molar-refractivity contribution in [3.63, 3.8) is 0 Å². The summed E-state index contributed by atoms with van der Waals surface area (Å²) in [7, 11) is 4.93. The molecule has 4 heteroatoms. The SMILES string of the molecule is CNCC(O)c1cccc(OC)c1OC. The summed E-state index contributed by atoms with van der Waals surface area (Å²) in [6.45, 7) is 0.476. The van der Waals surface area contributed by atoms with Crippen LogP contribution in [0.5, 0.6) is 11.5 Å². The summed E-state index contributed by atoms with van der Waals surface area (Å²) in [6, 6.07) is 5.45. The predicted octanol–water partition coefficient (Wildman–Crippen LogP) is 0.957. The molecule has 15 heavy (non-hydrogen) atoms. The molecule has 0 bridgehead atoms. The second-order valence-corrected chi connectivity index (χ2v) is 3.16. The van der Waals surface area contributed by atoms with Crippen LogP contribution in [-0.4, -0.2) is 32.9 Å². The van der Waals surface area contributed by atoms with Crippen molar-refractivity contribution in [1.29, 1.82) is 0 Å². The van der Waals surface area contributed by atoms with Gasteiger partial charge in [-0.05, 0) is 13.1 Å². The molecule has 0 saturated heterocycles. The van der Waals surface area contributed by atoms with Gasteiger partial charge in [0, 0.05) is 12.1 Å². The van der Waals surface area contributed by atoms with E-state index in [1.54, 1.807) is 27.3 Å². The van der Waals surface area contributed by atoms with Gasteiger partial charge in [0.05, 0.1) is 20.3 Å². The molecule has 0 aliphatic rings. The Hall–Kier alpha value is -1.26. The zero-order valence-corrected chi connectivity index (χ0v) is 9.28. The van der Waals surface area contributed by atoms with Gasteiger partial charge in [0.2, 0.25) is 0 Å². The smallest absolute Gasteiger partial charge is 0.166 e. The number of hydrogen-bond donors (Lipinski definition) is 2. The van der Waals surface area contributed by atoms with Gasteiger partial charge in [0.1, 0.15) is 0 Å². The Morgan fingerprint density at radius 1 is 1.33 bits per heavy atom. The number of hydrogen-bond acceptors (Lipinski definition) is 4. The van der Waals surface area contributed by atoms with Crippen molar-refractivity contribution in [2.24, 2.45) is 0 Å². The first kappa shape index (κ1) is 11.8. The molecule has 0 radical (unpaired) electrons. The third-order valence-corrected chi connectivity index (χ3v) is 2.19. The van der Waals surface area contributed by atoms with E-state index in [1.807, 2.05) is 12.1 Å². The number of para-hydroxylation sites is 1. The Morgan fingerprint density at radius 3 is 2.60 bits per heavy atom. The Balaban J connectivity index is 3.05. The Kier molecular flexibility index (Phi) is 4.39. The normalized spacial score (nSPS) is 12.3. The molecular formula is C11H17NO3. The summed E-state index contributed by atoms with van der Waals surface area (Å²) < 4.78 is 10.4. The van der Waals surface area contributed by atoms with Gasteiger partial charge in [-0.25, -0.2) is 0 Å². The van der Waals surface area contributed by atoms with Gasteiger partial charge < -0.3 is 19.9 Å². The highest BCUT2D eigenvalue weighted by atomic mass is 16.5. The minimum absolute atomic E-state index is 0.476. The Morgan fingerprint density at radius 2 is 2.07 bits per heavy atom. The monoisotopic (exact) mass is 211 g/mol. The number of aliphatic hydroxyl groups excluding tert-OH is 1. The van der Waals surface area contributed by atoms with Gasteiger partial charge in [-0.2, -0.15) is 0 Å². The molecule has 2 N–H and O–H groups in total. The van der Waals surface area contributed by atoms with Gasteiger partial charge in [0.25, 0.3) is 0 Å². The third kappa shape index (κ3) is 2.61. The van der Waals surface area contributed by atoms with Crippen molar-refractivity contribution >= 4 is 0 Å². The van der Waals surface area contributed by atoms with Crippen LogP contribution in [0.2, 0.25) is 0 Å². The van der Waals surface area contributed by atoms with Gasteiger partial charge in [-0.3, -0.25) is 0 Å². The largest absolute Gasteiger partial charge is 0.493 e. The molecular weight excluding hydrogens is 194 g/mol. The number of nitrogens with one attached hydrogen (secondary N) is 1. The molecule has 1 rings (SSSR count). The lowest BCUT2D eigenvalue weighted by Gasteiger charge is -2.16. The zero-order valence-electron chi connectivity index (χ0n) is 9.28. The summed E-state index contributed by atoms with van der Waals surface area (Å²) in [4.78, 5) is 0. The van der Waals surface area contributed by atoms with E-state index in [0.29, 0.717) is 18.0 Å². The summed E-state index contributed by atoms with van der Waals surface area (Å²) in [5, 5.41) is 12.8. The van der Waals surface area contributed by atoms with Crippen LogP contribution in [0.3, 0.4) is 0 Å². The maximum Gasteiger partial charge on any atom is 0.166 e. The van der Waals surface area contributed by atoms with Crippen molar-refractivity contribution in [1.82, 2.24) is 5.32 Å². The molecule has 4 nitrogen and oxygen atoms in total. The molecule has 1 unspecified atom stereocenters. The summed E-state index contributed by atoms with van der Waals surface area (Å²) >= 11 is 0. The fraction of sp³-hybridized carbons (Fsp3) is 0.455. The van der Waals surface area contributed by atoms with Crippen LogP contribution in [0.1, 0.15) is 11.7 Å². The van der Waals surface area contributed by atoms with Crippen molar-refractivity contribution in [2.45, 2.75) is 6.10 Å². The maximum atomic E-state index is 9.85. The molecule has 0 saturated carbocycles. The molecule has 1 aromatic carbocycles. The molecule has 0 heterocycles. The quantitative estimate of drug-likeness (QED) is 0.761. The fourth-order valence-electron chi connectivity index (χ4n) is 1.48.